The number of nitrogens with one attached hydrogen (secondary N) is 1. The molecule has 1 aromatic carbocycles. The molecular weight excluding hydrogens is 428 g/mol. The Hall–Kier alpha value is -3.05. The van der Waals surface area contributed by atoms with Gasteiger partial charge in [0.05, 0.1) is 41.4 Å². The van der Waals surface area contributed by atoms with Gasteiger partial charge in [0.15, 0.2) is 0 Å². The van der Waals surface area contributed by atoms with Gasteiger partial charge in [-0.1, -0.05) is 23.7 Å². The second-order valence-electron chi connectivity index (χ2n) is 10.3. The summed E-state index contributed by atoms with van der Waals surface area (Å²) >= 11 is 6.13. The van der Waals surface area contributed by atoms with E-state index < -0.39 is 5.91 Å². The quantitative estimate of drug-likeness (QED) is 0.748. The Balaban J connectivity index is 1.06. The zero-order chi connectivity index (χ0) is 21.7. The summed E-state index contributed by atoms with van der Waals surface area (Å²) < 4.78 is 1.78. The van der Waals surface area contributed by atoms with Crippen LogP contribution in [0.2, 0.25) is 5.02 Å². The van der Waals surface area contributed by atoms with Crippen molar-refractivity contribution in [3.63, 3.8) is 0 Å². The maximum Gasteiger partial charge on any atom is 0.318 e. The number of nitrogens with two attached hydrogens (primary N) is 1. The molecule has 32 heavy (non-hydrogen) atoms. The van der Waals surface area contributed by atoms with E-state index in [1.807, 2.05) is 12.1 Å². The lowest BCUT2D eigenvalue weighted by molar-refractivity contribution is -0.607. The average molecular weight is 447 g/mol. The highest BCUT2D eigenvalue weighted by atomic mass is 35.5. The van der Waals surface area contributed by atoms with Gasteiger partial charge in [0.25, 0.3) is 5.91 Å². The normalized spacial score (nSPS) is 42.1. The third kappa shape index (κ3) is 1.45. The van der Waals surface area contributed by atoms with E-state index in [2.05, 4.69) is 16.5 Å². The number of carbonyl (C=O) groups is 2. The molecule has 0 radical (unpaired) electrons. The summed E-state index contributed by atoms with van der Waals surface area (Å²) in [6, 6.07) is 9.68. The largest absolute Gasteiger partial charge is 0.365 e. The molecule has 6 fully saturated rings. The van der Waals surface area contributed by atoms with Crippen molar-refractivity contribution in [3.8, 4) is 17.3 Å². The molecule has 0 spiro atoms. The first-order chi connectivity index (χ1) is 15.4. The molecule has 160 valence electrons. The monoisotopic (exact) mass is 446 g/mol. The number of rotatable bonds is 3. The SMILES string of the molecule is N#CC12C3C4C1C1C2C3C41NC(=O)N1CCn2nc(-c3cccc(Cl)c3)c(C(N)=O)c2C1. The Morgan fingerprint density at radius 2 is 1.91 bits per heavy atom. The number of hydrogen-bond donors (Lipinski definition) is 2. The van der Waals surface area contributed by atoms with Crippen LogP contribution < -0.4 is 11.1 Å². The van der Waals surface area contributed by atoms with Crippen LogP contribution in [0.25, 0.3) is 11.3 Å². The van der Waals surface area contributed by atoms with Gasteiger partial charge in [-0.05, 0) is 47.6 Å². The summed E-state index contributed by atoms with van der Waals surface area (Å²) in [5.41, 5.74) is 7.90. The predicted octanol–water partition coefficient (Wildman–Crippen LogP) is 1.84. The van der Waals surface area contributed by atoms with E-state index in [1.54, 1.807) is 21.7 Å². The Morgan fingerprint density at radius 3 is 2.53 bits per heavy atom. The van der Waals surface area contributed by atoms with Crippen LogP contribution in [0.3, 0.4) is 0 Å². The van der Waals surface area contributed by atoms with Crippen LogP contribution in [0.5, 0.6) is 0 Å². The van der Waals surface area contributed by atoms with Crippen molar-refractivity contribution < 1.29 is 9.59 Å². The molecule has 0 unspecified atom stereocenters. The van der Waals surface area contributed by atoms with Crippen molar-refractivity contribution in [1.82, 2.24) is 20.0 Å². The molecule has 6 aliphatic carbocycles. The molecule has 1 aromatic heterocycles. The van der Waals surface area contributed by atoms with Crippen LogP contribution in [-0.2, 0) is 13.1 Å². The molecule has 2 aromatic rings. The molecule has 0 saturated heterocycles. The number of nitriles is 1. The molecule has 0 atom stereocenters. The highest BCUT2D eigenvalue weighted by molar-refractivity contribution is 6.30. The minimum atomic E-state index is -0.563. The number of urea groups is 1. The van der Waals surface area contributed by atoms with Crippen LogP contribution in [0, 0.1) is 52.3 Å². The maximum absolute atomic E-state index is 13.2. The summed E-state index contributed by atoms with van der Waals surface area (Å²) in [5.74, 6) is 2.55. The fourth-order valence-electron chi connectivity index (χ4n) is 8.85. The maximum atomic E-state index is 13.2. The van der Waals surface area contributed by atoms with Gasteiger partial charge in [-0.25, -0.2) is 4.79 Å². The van der Waals surface area contributed by atoms with Gasteiger partial charge in [0.1, 0.15) is 5.69 Å². The third-order valence-electron chi connectivity index (χ3n) is 9.76. The van der Waals surface area contributed by atoms with Crippen molar-refractivity contribution in [2.24, 2.45) is 46.7 Å². The highest BCUT2D eigenvalue weighted by Crippen LogP contribution is 3.06. The number of halogens is 1. The minimum Gasteiger partial charge on any atom is -0.365 e. The lowest BCUT2D eigenvalue weighted by Gasteiger charge is -3.09. The van der Waals surface area contributed by atoms with E-state index in [1.165, 1.54) is 0 Å². The van der Waals surface area contributed by atoms with E-state index in [9.17, 15) is 14.9 Å². The molecule has 1 aliphatic heterocycles. The molecular formula is C23H19ClN6O2. The molecule has 7 aliphatic rings. The zero-order valence-electron chi connectivity index (χ0n) is 17.0. The number of carbonyl (C=O) groups excluding carboxylic acids is 2. The van der Waals surface area contributed by atoms with Crippen LogP contribution in [0.15, 0.2) is 24.3 Å². The summed E-state index contributed by atoms with van der Waals surface area (Å²) in [7, 11) is 0. The second-order valence-corrected chi connectivity index (χ2v) is 10.7. The molecule has 0 bridgehead atoms. The molecule has 3 N–H and O–H groups in total. The van der Waals surface area contributed by atoms with Gasteiger partial charge in [-0.2, -0.15) is 10.4 Å². The number of nitrogens with zero attached hydrogens (tertiary/aromatic N) is 4. The Kier molecular flexibility index (Phi) is 2.71. The number of primary amides is 1. The van der Waals surface area contributed by atoms with Crippen LogP contribution >= 0.6 is 11.6 Å². The van der Waals surface area contributed by atoms with Gasteiger partial charge in [0, 0.05) is 17.1 Å². The third-order valence-corrected chi connectivity index (χ3v) is 9.99. The van der Waals surface area contributed by atoms with Gasteiger partial charge in [-0.15, -0.1) is 0 Å². The van der Waals surface area contributed by atoms with Crippen LogP contribution in [0.4, 0.5) is 4.79 Å². The van der Waals surface area contributed by atoms with Gasteiger partial charge in [-0.3, -0.25) is 9.48 Å². The summed E-state index contributed by atoms with van der Waals surface area (Å²) in [5, 5.41) is 18.1. The number of benzene rings is 1. The van der Waals surface area contributed by atoms with E-state index in [0.717, 1.165) is 5.56 Å². The summed E-state index contributed by atoms with van der Waals surface area (Å²) in [6.45, 7) is 1.30. The van der Waals surface area contributed by atoms with Crippen molar-refractivity contribution in [2.75, 3.05) is 6.54 Å². The van der Waals surface area contributed by atoms with Crippen molar-refractivity contribution >= 4 is 23.5 Å². The van der Waals surface area contributed by atoms with E-state index in [4.69, 9.17) is 17.3 Å². The van der Waals surface area contributed by atoms with Crippen LogP contribution in [0.1, 0.15) is 16.1 Å². The predicted molar refractivity (Wildman–Crippen MR) is 112 cm³/mol. The van der Waals surface area contributed by atoms with Crippen molar-refractivity contribution in [2.45, 2.75) is 18.6 Å². The Morgan fingerprint density at radius 1 is 1.19 bits per heavy atom. The first kappa shape index (κ1) is 17.5. The standard InChI is InChI=1S/C23H19ClN6O2/c24-10-3-1-2-9(6-10)19-12(20(26)31)11-7-29(4-5-30(11)28-19)21(32)27-23-16-13-17(23)15-18(23)14(16)22(13,15)8-25/h1-3,6,13-18H,4-5,7H2,(H2,26,31)(H,27,32). The van der Waals surface area contributed by atoms with Gasteiger partial charge < -0.3 is 16.0 Å². The molecule has 9 heteroatoms. The fourth-order valence-corrected chi connectivity index (χ4v) is 9.04. The average Bonchev–Trinajstić information content (AvgIpc) is 3.18. The van der Waals surface area contributed by atoms with E-state index >= 15 is 0 Å². The highest BCUT2D eigenvalue weighted by Gasteiger charge is 3.11. The van der Waals surface area contributed by atoms with E-state index in [-0.39, 0.29) is 23.5 Å². The molecule has 8 nitrogen and oxygen atoms in total. The first-order valence-electron chi connectivity index (χ1n) is 11.1. The molecule has 9 rings (SSSR count). The minimum absolute atomic E-state index is 0.0166. The van der Waals surface area contributed by atoms with Gasteiger partial charge in [0.2, 0.25) is 0 Å². The number of amides is 3. The topological polar surface area (TPSA) is 117 Å². The molecule has 2 heterocycles. The Bertz CT molecular complexity index is 1290. The Labute approximate surface area is 188 Å². The number of hydrogen-bond acceptors (Lipinski definition) is 4. The fraction of sp³-hybridized carbons (Fsp3) is 0.478. The number of fused-ring (bicyclic) bond motifs is 1. The number of aromatic nitrogens is 2. The summed E-state index contributed by atoms with van der Waals surface area (Å²) in [4.78, 5) is 27.4. The first-order valence-corrected chi connectivity index (χ1v) is 11.5. The zero-order valence-corrected chi connectivity index (χ0v) is 17.7. The second kappa shape index (κ2) is 4.96. The van der Waals surface area contributed by atoms with E-state index in [0.29, 0.717) is 70.6 Å². The van der Waals surface area contributed by atoms with Crippen molar-refractivity contribution in [3.05, 3.63) is 40.5 Å². The lowest BCUT2D eigenvalue weighted by atomic mass is 8.94. The van der Waals surface area contributed by atoms with Gasteiger partial charge >= 0.3 is 6.03 Å². The lowest BCUT2D eigenvalue weighted by Crippen LogP contribution is -3.15. The van der Waals surface area contributed by atoms with Crippen LogP contribution in [-0.4, -0.2) is 38.7 Å². The summed E-state index contributed by atoms with van der Waals surface area (Å²) in [6.07, 6.45) is 0. The smallest absolute Gasteiger partial charge is 0.318 e. The molecule has 3 amide bonds. The van der Waals surface area contributed by atoms with Crippen molar-refractivity contribution in [1.29, 1.82) is 5.26 Å². The molecule has 6 saturated carbocycles.